The van der Waals surface area contributed by atoms with E-state index in [1.165, 1.54) is 16.7 Å². The Morgan fingerprint density at radius 3 is 2.52 bits per heavy atom. The summed E-state index contributed by atoms with van der Waals surface area (Å²) in [5.74, 6) is 1.43. The van der Waals surface area contributed by atoms with E-state index in [0.717, 1.165) is 59.8 Å². The van der Waals surface area contributed by atoms with Crippen LogP contribution < -0.4 is 10.5 Å². The topological polar surface area (TPSA) is 61.0 Å². The summed E-state index contributed by atoms with van der Waals surface area (Å²) in [7, 11) is 0. The van der Waals surface area contributed by atoms with Crippen LogP contribution in [0, 0.1) is 6.92 Å². The summed E-state index contributed by atoms with van der Waals surface area (Å²) in [5, 5.41) is 2.17. The third-order valence-electron chi connectivity index (χ3n) is 5.26. The van der Waals surface area contributed by atoms with Crippen LogP contribution in [0.1, 0.15) is 36.5 Å². The van der Waals surface area contributed by atoms with Crippen molar-refractivity contribution in [2.75, 3.05) is 12.3 Å². The maximum Gasteiger partial charge on any atom is 0.150 e. The first-order valence-corrected chi connectivity index (χ1v) is 10.3. The molecule has 0 radical (unpaired) electrons. The Hall–Kier alpha value is -3.14. The Balaban J connectivity index is 1.53. The lowest BCUT2D eigenvalue weighted by atomic mass is 10.0. The van der Waals surface area contributed by atoms with E-state index in [9.17, 15) is 0 Å². The van der Waals surface area contributed by atoms with E-state index in [1.54, 1.807) is 0 Å². The van der Waals surface area contributed by atoms with Crippen molar-refractivity contribution in [3.05, 3.63) is 71.4 Å². The predicted octanol–water partition coefficient (Wildman–Crippen LogP) is 5.64. The fourth-order valence-corrected chi connectivity index (χ4v) is 3.57. The Labute approximate surface area is 171 Å². The third-order valence-corrected chi connectivity index (χ3v) is 5.26. The molecule has 2 aromatic carbocycles. The lowest BCUT2D eigenvalue weighted by Crippen LogP contribution is -1.99. The first-order chi connectivity index (χ1) is 14.1. The number of aryl methyl sites for hydroxylation is 3. The average Bonchev–Trinajstić information content (AvgIpc) is 2.73. The number of benzene rings is 2. The number of rotatable bonds is 7. The van der Waals surface area contributed by atoms with Crippen molar-refractivity contribution in [1.82, 2.24) is 9.97 Å². The van der Waals surface area contributed by atoms with Gasteiger partial charge in [0.05, 0.1) is 12.1 Å². The largest absolute Gasteiger partial charge is 0.494 e. The maximum atomic E-state index is 6.16. The van der Waals surface area contributed by atoms with Crippen molar-refractivity contribution in [3.63, 3.8) is 0 Å². The Kier molecular flexibility index (Phi) is 5.61. The van der Waals surface area contributed by atoms with Gasteiger partial charge in [-0.25, -0.2) is 4.98 Å². The van der Waals surface area contributed by atoms with Crippen LogP contribution in [0.5, 0.6) is 5.75 Å². The van der Waals surface area contributed by atoms with Gasteiger partial charge in [0.15, 0.2) is 5.82 Å². The summed E-state index contributed by atoms with van der Waals surface area (Å²) < 4.78 is 5.75. The number of nitrogens with zero attached hydrogens (tertiary/aromatic N) is 2. The quantitative estimate of drug-likeness (QED) is 0.330. The minimum atomic E-state index is 0.489. The zero-order valence-corrected chi connectivity index (χ0v) is 17.1. The lowest BCUT2D eigenvalue weighted by molar-refractivity contribution is 0.309. The molecule has 2 heterocycles. The first kappa shape index (κ1) is 19.2. The van der Waals surface area contributed by atoms with Crippen LogP contribution in [-0.4, -0.2) is 16.6 Å². The van der Waals surface area contributed by atoms with E-state index < -0.39 is 0 Å². The molecule has 0 saturated carbocycles. The number of aromatic nitrogens is 2. The summed E-state index contributed by atoms with van der Waals surface area (Å²) >= 11 is 0. The van der Waals surface area contributed by atoms with Gasteiger partial charge in [-0.3, -0.25) is 4.98 Å². The van der Waals surface area contributed by atoms with E-state index in [1.807, 2.05) is 6.20 Å². The fourth-order valence-electron chi connectivity index (χ4n) is 3.57. The highest BCUT2D eigenvalue weighted by Crippen LogP contribution is 2.28. The standard InChI is InChI=1S/C25H27N3O/c1-3-4-13-29-20-10-8-18(9-11-20)6-7-19-15-22-21-12-5-17(2)14-23(21)28-25(26)24(22)27-16-19/h5,8-12,14-16H,3-4,6-7,13H2,1-2H3,(H2,26,28). The second-order valence-electron chi connectivity index (χ2n) is 7.60. The van der Waals surface area contributed by atoms with Gasteiger partial charge in [0.1, 0.15) is 11.3 Å². The smallest absolute Gasteiger partial charge is 0.150 e. The molecule has 0 fully saturated rings. The number of anilines is 1. The molecule has 4 aromatic rings. The highest BCUT2D eigenvalue weighted by Gasteiger charge is 2.09. The lowest BCUT2D eigenvalue weighted by Gasteiger charge is -2.09. The molecule has 0 spiro atoms. The molecular weight excluding hydrogens is 358 g/mol. The number of unbranched alkanes of at least 4 members (excludes halogenated alkanes) is 1. The summed E-state index contributed by atoms with van der Waals surface area (Å²) in [5.41, 5.74) is 11.5. The van der Waals surface area contributed by atoms with Crippen LogP contribution in [0.15, 0.2) is 54.7 Å². The van der Waals surface area contributed by atoms with Gasteiger partial charge in [-0.05, 0) is 67.1 Å². The maximum absolute atomic E-state index is 6.16. The van der Waals surface area contributed by atoms with Crippen LogP contribution in [0.3, 0.4) is 0 Å². The van der Waals surface area contributed by atoms with E-state index in [0.29, 0.717) is 5.82 Å². The second-order valence-corrected chi connectivity index (χ2v) is 7.60. The van der Waals surface area contributed by atoms with Crippen LogP contribution in [0.4, 0.5) is 5.82 Å². The summed E-state index contributed by atoms with van der Waals surface area (Å²) in [4.78, 5) is 9.14. The minimum absolute atomic E-state index is 0.489. The van der Waals surface area contributed by atoms with E-state index >= 15 is 0 Å². The molecule has 0 aliphatic rings. The molecule has 0 atom stereocenters. The molecule has 0 amide bonds. The second kappa shape index (κ2) is 8.48. The molecule has 4 nitrogen and oxygen atoms in total. The Bertz CT molecular complexity index is 1140. The van der Waals surface area contributed by atoms with Crippen molar-refractivity contribution in [2.45, 2.75) is 39.5 Å². The van der Waals surface area contributed by atoms with Gasteiger partial charge in [-0.15, -0.1) is 0 Å². The van der Waals surface area contributed by atoms with Gasteiger partial charge in [0, 0.05) is 17.0 Å². The number of fused-ring (bicyclic) bond motifs is 3. The monoisotopic (exact) mass is 385 g/mol. The normalized spacial score (nSPS) is 11.2. The number of ether oxygens (including phenoxy) is 1. The third kappa shape index (κ3) is 4.32. The van der Waals surface area contributed by atoms with Crippen molar-refractivity contribution in [2.24, 2.45) is 0 Å². The van der Waals surface area contributed by atoms with Gasteiger partial charge in [-0.1, -0.05) is 37.6 Å². The first-order valence-electron chi connectivity index (χ1n) is 10.3. The molecule has 0 saturated heterocycles. The zero-order valence-electron chi connectivity index (χ0n) is 17.1. The summed E-state index contributed by atoms with van der Waals surface area (Å²) in [6, 6.07) is 16.9. The van der Waals surface area contributed by atoms with Gasteiger partial charge in [0.2, 0.25) is 0 Å². The highest BCUT2D eigenvalue weighted by molar-refractivity contribution is 6.08. The van der Waals surface area contributed by atoms with Gasteiger partial charge in [-0.2, -0.15) is 0 Å². The molecule has 2 N–H and O–H groups in total. The van der Waals surface area contributed by atoms with Crippen LogP contribution in [0.25, 0.3) is 21.8 Å². The van der Waals surface area contributed by atoms with Gasteiger partial charge < -0.3 is 10.5 Å². The SMILES string of the molecule is CCCCOc1ccc(CCc2cnc3c(N)nc4cc(C)ccc4c3c2)cc1. The molecule has 0 unspecified atom stereocenters. The molecule has 4 heteroatoms. The predicted molar refractivity (Wildman–Crippen MR) is 120 cm³/mol. The van der Waals surface area contributed by atoms with Crippen LogP contribution in [0.2, 0.25) is 0 Å². The molecular formula is C25H27N3O. The highest BCUT2D eigenvalue weighted by atomic mass is 16.5. The minimum Gasteiger partial charge on any atom is -0.494 e. The molecule has 4 rings (SSSR count). The van der Waals surface area contributed by atoms with Crippen molar-refractivity contribution >= 4 is 27.6 Å². The molecule has 29 heavy (non-hydrogen) atoms. The van der Waals surface area contributed by atoms with Gasteiger partial charge >= 0.3 is 0 Å². The molecule has 0 aliphatic carbocycles. The number of pyridine rings is 2. The van der Waals surface area contributed by atoms with E-state index in [4.69, 9.17) is 10.5 Å². The Morgan fingerprint density at radius 1 is 0.931 bits per heavy atom. The number of nitrogen functional groups attached to an aromatic ring is 1. The van der Waals surface area contributed by atoms with Crippen molar-refractivity contribution in [3.8, 4) is 5.75 Å². The molecule has 2 aromatic heterocycles. The molecule has 0 bridgehead atoms. The average molecular weight is 386 g/mol. The summed E-state index contributed by atoms with van der Waals surface area (Å²) in [6.07, 6.45) is 6.04. The van der Waals surface area contributed by atoms with Crippen LogP contribution >= 0.6 is 0 Å². The number of hydrogen-bond donors (Lipinski definition) is 1. The summed E-state index contributed by atoms with van der Waals surface area (Å²) in [6.45, 7) is 5.02. The van der Waals surface area contributed by atoms with Gasteiger partial charge in [0.25, 0.3) is 0 Å². The Morgan fingerprint density at radius 2 is 1.72 bits per heavy atom. The molecule has 0 aliphatic heterocycles. The van der Waals surface area contributed by atoms with E-state index in [-0.39, 0.29) is 0 Å². The van der Waals surface area contributed by atoms with Crippen LogP contribution in [-0.2, 0) is 12.8 Å². The number of nitrogens with two attached hydrogens (primary N) is 1. The van der Waals surface area contributed by atoms with Crippen molar-refractivity contribution < 1.29 is 4.74 Å². The van der Waals surface area contributed by atoms with Crippen molar-refractivity contribution in [1.29, 1.82) is 0 Å². The van der Waals surface area contributed by atoms with E-state index in [2.05, 4.69) is 72.3 Å². The zero-order chi connectivity index (χ0) is 20.2. The fraction of sp³-hybridized carbons (Fsp3) is 0.280. The number of hydrogen-bond acceptors (Lipinski definition) is 4. The molecule has 148 valence electrons.